The van der Waals surface area contributed by atoms with E-state index in [1.165, 1.54) is 5.56 Å². The normalized spacial score (nSPS) is 25.6. The van der Waals surface area contributed by atoms with Crippen LogP contribution < -0.4 is 5.32 Å². The zero-order valence-electron chi connectivity index (χ0n) is 9.38. The molecule has 16 heavy (non-hydrogen) atoms. The van der Waals surface area contributed by atoms with E-state index in [0.717, 1.165) is 37.4 Å². The predicted octanol–water partition coefficient (Wildman–Crippen LogP) is 2.34. The molecule has 1 atom stereocenters. The molecule has 0 amide bonds. The number of rotatable bonds is 3. The molecule has 0 aromatic heterocycles. The van der Waals surface area contributed by atoms with Gasteiger partial charge in [0.05, 0.1) is 0 Å². The highest BCUT2D eigenvalue weighted by Crippen LogP contribution is 2.35. The van der Waals surface area contributed by atoms with Gasteiger partial charge in [-0.05, 0) is 43.5 Å². The molecule has 2 N–H and O–H groups in total. The van der Waals surface area contributed by atoms with Gasteiger partial charge >= 0.3 is 0 Å². The van der Waals surface area contributed by atoms with E-state index in [9.17, 15) is 5.11 Å². The fourth-order valence-electron chi connectivity index (χ4n) is 2.60. The van der Waals surface area contributed by atoms with Gasteiger partial charge in [0.1, 0.15) is 0 Å². The quantitative estimate of drug-likeness (QED) is 0.849. The Bertz CT molecular complexity index is 342. The van der Waals surface area contributed by atoms with Crippen molar-refractivity contribution >= 4 is 11.6 Å². The number of aliphatic hydroxyl groups excluding tert-OH is 1. The standard InChI is InChI=1S/C13H18ClNO/c14-12-4-1-3-11(9-12)13(6-8-16)5-2-7-15-10-13/h1,3-4,9,15-16H,2,5-8,10H2/t13-/m1/s1. The maximum absolute atomic E-state index is 9.25. The zero-order valence-corrected chi connectivity index (χ0v) is 10.1. The van der Waals surface area contributed by atoms with E-state index >= 15 is 0 Å². The summed E-state index contributed by atoms with van der Waals surface area (Å²) in [6.07, 6.45) is 3.09. The second-order valence-electron chi connectivity index (χ2n) is 4.54. The van der Waals surface area contributed by atoms with Gasteiger partial charge in [-0.15, -0.1) is 0 Å². The molecule has 1 aromatic carbocycles. The fraction of sp³-hybridized carbons (Fsp3) is 0.538. The molecule has 2 rings (SSSR count). The van der Waals surface area contributed by atoms with Gasteiger partial charge in [-0.25, -0.2) is 0 Å². The zero-order chi connectivity index (χ0) is 11.4. The van der Waals surface area contributed by atoms with Gasteiger partial charge in [0.25, 0.3) is 0 Å². The lowest BCUT2D eigenvalue weighted by atomic mass is 9.72. The van der Waals surface area contributed by atoms with Crippen LogP contribution in [0.1, 0.15) is 24.8 Å². The minimum atomic E-state index is 0.0674. The van der Waals surface area contributed by atoms with Gasteiger partial charge in [0.15, 0.2) is 0 Å². The van der Waals surface area contributed by atoms with Crippen molar-refractivity contribution in [1.82, 2.24) is 5.32 Å². The molecule has 0 aliphatic carbocycles. The van der Waals surface area contributed by atoms with Crippen LogP contribution in [0.5, 0.6) is 0 Å². The topological polar surface area (TPSA) is 32.3 Å². The van der Waals surface area contributed by atoms with Crippen LogP contribution in [0.3, 0.4) is 0 Å². The predicted molar refractivity (Wildman–Crippen MR) is 66.9 cm³/mol. The minimum absolute atomic E-state index is 0.0674. The first-order chi connectivity index (χ1) is 7.77. The van der Waals surface area contributed by atoms with Crippen molar-refractivity contribution in [1.29, 1.82) is 0 Å². The number of hydrogen-bond donors (Lipinski definition) is 2. The number of halogens is 1. The molecule has 88 valence electrons. The van der Waals surface area contributed by atoms with Crippen LogP contribution in [0.15, 0.2) is 24.3 Å². The van der Waals surface area contributed by atoms with Gasteiger partial charge in [-0.2, -0.15) is 0 Å². The average Bonchev–Trinajstić information content (AvgIpc) is 2.31. The van der Waals surface area contributed by atoms with Crippen LogP contribution in [-0.4, -0.2) is 24.8 Å². The molecule has 1 heterocycles. The third-order valence-corrected chi connectivity index (χ3v) is 3.73. The minimum Gasteiger partial charge on any atom is -0.396 e. The summed E-state index contributed by atoms with van der Waals surface area (Å²) in [5.74, 6) is 0. The van der Waals surface area contributed by atoms with E-state index in [-0.39, 0.29) is 12.0 Å². The molecule has 1 aromatic rings. The number of piperidine rings is 1. The van der Waals surface area contributed by atoms with E-state index in [4.69, 9.17) is 11.6 Å². The van der Waals surface area contributed by atoms with Gasteiger partial charge in [-0.3, -0.25) is 0 Å². The average molecular weight is 240 g/mol. The fourth-order valence-corrected chi connectivity index (χ4v) is 2.79. The monoisotopic (exact) mass is 239 g/mol. The molecule has 2 nitrogen and oxygen atoms in total. The summed E-state index contributed by atoms with van der Waals surface area (Å²) in [5.41, 5.74) is 1.32. The molecule has 0 spiro atoms. The summed E-state index contributed by atoms with van der Waals surface area (Å²) in [7, 11) is 0. The maximum atomic E-state index is 9.25. The number of hydrogen-bond acceptors (Lipinski definition) is 2. The second-order valence-corrected chi connectivity index (χ2v) is 4.98. The summed E-state index contributed by atoms with van der Waals surface area (Å²) < 4.78 is 0. The van der Waals surface area contributed by atoms with Crippen molar-refractivity contribution < 1.29 is 5.11 Å². The van der Waals surface area contributed by atoms with E-state index in [1.807, 2.05) is 18.2 Å². The van der Waals surface area contributed by atoms with Crippen LogP contribution in [-0.2, 0) is 5.41 Å². The van der Waals surface area contributed by atoms with Crippen LogP contribution in [0.4, 0.5) is 0 Å². The van der Waals surface area contributed by atoms with Gasteiger partial charge in [0.2, 0.25) is 0 Å². The first kappa shape index (κ1) is 11.9. The summed E-state index contributed by atoms with van der Waals surface area (Å²) in [6, 6.07) is 8.04. The molecule has 1 fully saturated rings. The largest absolute Gasteiger partial charge is 0.396 e. The number of aliphatic hydroxyl groups is 1. The molecule has 0 bridgehead atoms. The number of nitrogens with one attached hydrogen (secondary N) is 1. The third kappa shape index (κ3) is 2.40. The SMILES string of the molecule is OCC[C@]1(c2cccc(Cl)c2)CCCNC1. The Labute approximate surface area is 102 Å². The van der Waals surface area contributed by atoms with Crippen molar-refractivity contribution in [2.45, 2.75) is 24.7 Å². The molecule has 1 aliphatic heterocycles. The van der Waals surface area contributed by atoms with Crippen LogP contribution >= 0.6 is 11.6 Å². The molecule has 1 saturated heterocycles. The van der Waals surface area contributed by atoms with Gasteiger partial charge in [-0.1, -0.05) is 23.7 Å². The van der Waals surface area contributed by atoms with E-state index < -0.39 is 0 Å². The Kier molecular flexibility index (Phi) is 3.85. The van der Waals surface area contributed by atoms with E-state index in [2.05, 4.69) is 11.4 Å². The Balaban J connectivity index is 2.30. The summed E-state index contributed by atoms with van der Waals surface area (Å²) >= 11 is 6.04. The highest BCUT2D eigenvalue weighted by molar-refractivity contribution is 6.30. The molecule has 0 saturated carbocycles. The van der Waals surface area contributed by atoms with Crippen molar-refractivity contribution in [2.75, 3.05) is 19.7 Å². The van der Waals surface area contributed by atoms with Crippen molar-refractivity contribution in [3.8, 4) is 0 Å². The molecule has 0 unspecified atom stereocenters. The summed E-state index contributed by atoms with van der Waals surface area (Å²) in [6.45, 7) is 2.25. The van der Waals surface area contributed by atoms with Crippen LogP contribution in [0, 0.1) is 0 Å². The van der Waals surface area contributed by atoms with Gasteiger partial charge in [0, 0.05) is 23.6 Å². The second kappa shape index (κ2) is 5.17. The third-order valence-electron chi connectivity index (χ3n) is 3.50. The highest BCUT2D eigenvalue weighted by atomic mass is 35.5. The lowest BCUT2D eigenvalue weighted by Gasteiger charge is -2.38. The Hall–Kier alpha value is -0.570. The van der Waals surface area contributed by atoms with Crippen molar-refractivity contribution in [3.63, 3.8) is 0 Å². The summed E-state index contributed by atoms with van der Waals surface area (Å²) in [5, 5.41) is 13.5. The Morgan fingerprint density at radius 3 is 2.94 bits per heavy atom. The lowest BCUT2D eigenvalue weighted by molar-refractivity contribution is 0.207. The maximum Gasteiger partial charge on any atom is 0.0440 e. The molecular weight excluding hydrogens is 222 g/mol. The molecule has 3 heteroatoms. The Morgan fingerprint density at radius 1 is 1.44 bits per heavy atom. The lowest BCUT2D eigenvalue weighted by Crippen LogP contribution is -2.44. The van der Waals surface area contributed by atoms with Gasteiger partial charge < -0.3 is 10.4 Å². The van der Waals surface area contributed by atoms with Crippen LogP contribution in [0.25, 0.3) is 0 Å². The summed E-state index contributed by atoms with van der Waals surface area (Å²) in [4.78, 5) is 0. The van der Waals surface area contributed by atoms with E-state index in [1.54, 1.807) is 0 Å². The van der Waals surface area contributed by atoms with Crippen LogP contribution in [0.2, 0.25) is 5.02 Å². The molecule has 0 radical (unpaired) electrons. The van der Waals surface area contributed by atoms with Crippen molar-refractivity contribution in [3.05, 3.63) is 34.9 Å². The highest BCUT2D eigenvalue weighted by Gasteiger charge is 2.33. The van der Waals surface area contributed by atoms with Crippen molar-refractivity contribution in [2.24, 2.45) is 0 Å². The number of benzene rings is 1. The Morgan fingerprint density at radius 2 is 2.31 bits per heavy atom. The smallest absolute Gasteiger partial charge is 0.0440 e. The molecular formula is C13H18ClNO. The molecule has 1 aliphatic rings. The van der Waals surface area contributed by atoms with E-state index in [0.29, 0.717) is 0 Å². The first-order valence-corrected chi connectivity index (χ1v) is 6.22. The first-order valence-electron chi connectivity index (χ1n) is 5.84.